The number of carboxylic acid groups (broad SMARTS) is 1. The van der Waals surface area contributed by atoms with Crippen molar-refractivity contribution in [3.63, 3.8) is 0 Å². The van der Waals surface area contributed by atoms with Crippen LogP contribution in [-0.4, -0.2) is 22.0 Å². The van der Waals surface area contributed by atoms with E-state index < -0.39 is 11.8 Å². The summed E-state index contributed by atoms with van der Waals surface area (Å²) in [5.41, 5.74) is 0.477. The number of aliphatic hydroxyl groups excluding tert-OH is 1. The standard InChI is InChI=1S/C12H9ClO4/c13-9-4-1-3-8(7-9)10(14)5-2-6-11(15)12(16)17/h1-7,14H,(H,16,17)/b6-2+,10-5-. The Balaban J connectivity index is 2.80. The Labute approximate surface area is 102 Å². The van der Waals surface area contributed by atoms with Crippen LogP contribution in [0.4, 0.5) is 0 Å². The summed E-state index contributed by atoms with van der Waals surface area (Å²) in [7, 11) is 0. The molecule has 1 aromatic rings. The zero-order valence-electron chi connectivity index (χ0n) is 8.63. The molecule has 1 rings (SSSR count). The molecular weight excluding hydrogens is 244 g/mol. The van der Waals surface area contributed by atoms with Crippen molar-refractivity contribution in [1.29, 1.82) is 0 Å². The normalized spacial score (nSPS) is 11.7. The van der Waals surface area contributed by atoms with Crippen molar-refractivity contribution in [1.82, 2.24) is 0 Å². The SMILES string of the molecule is O=C(O)C(=O)/C=C/C=C(\O)c1cccc(Cl)c1. The van der Waals surface area contributed by atoms with Crippen molar-refractivity contribution in [3.8, 4) is 0 Å². The fraction of sp³-hybridized carbons (Fsp3) is 0. The Morgan fingerprint density at radius 1 is 1.24 bits per heavy atom. The highest BCUT2D eigenvalue weighted by molar-refractivity contribution is 6.37. The summed E-state index contributed by atoms with van der Waals surface area (Å²) in [4.78, 5) is 20.9. The monoisotopic (exact) mass is 252 g/mol. The average molecular weight is 253 g/mol. The van der Waals surface area contributed by atoms with Crippen LogP contribution in [0.15, 0.2) is 42.5 Å². The lowest BCUT2D eigenvalue weighted by Gasteiger charge is -1.98. The zero-order chi connectivity index (χ0) is 12.8. The van der Waals surface area contributed by atoms with E-state index >= 15 is 0 Å². The third-order valence-corrected chi connectivity index (χ3v) is 2.07. The van der Waals surface area contributed by atoms with E-state index in [4.69, 9.17) is 16.7 Å². The van der Waals surface area contributed by atoms with Gasteiger partial charge in [-0.2, -0.15) is 0 Å². The number of carbonyl (C=O) groups is 2. The van der Waals surface area contributed by atoms with E-state index in [1.54, 1.807) is 24.3 Å². The number of hydrogen-bond donors (Lipinski definition) is 2. The summed E-state index contributed by atoms with van der Waals surface area (Å²) in [6.07, 6.45) is 3.22. The first kappa shape index (κ1) is 13.0. The van der Waals surface area contributed by atoms with Gasteiger partial charge in [0, 0.05) is 10.6 Å². The van der Waals surface area contributed by atoms with Gasteiger partial charge in [-0.25, -0.2) is 4.79 Å². The van der Waals surface area contributed by atoms with Gasteiger partial charge in [0.05, 0.1) is 0 Å². The average Bonchev–Trinajstić information content (AvgIpc) is 2.28. The van der Waals surface area contributed by atoms with E-state index in [-0.39, 0.29) is 5.76 Å². The van der Waals surface area contributed by atoms with E-state index in [0.29, 0.717) is 10.6 Å². The predicted molar refractivity (Wildman–Crippen MR) is 63.8 cm³/mol. The molecule has 0 amide bonds. The van der Waals surface area contributed by atoms with Crippen LogP contribution in [0.25, 0.3) is 5.76 Å². The fourth-order valence-corrected chi connectivity index (χ4v) is 1.23. The molecule has 0 heterocycles. The molecule has 0 saturated carbocycles. The number of allylic oxidation sites excluding steroid dienone is 2. The Morgan fingerprint density at radius 2 is 1.94 bits per heavy atom. The van der Waals surface area contributed by atoms with E-state index in [1.807, 2.05) is 0 Å². The van der Waals surface area contributed by atoms with Crippen LogP contribution < -0.4 is 0 Å². The van der Waals surface area contributed by atoms with Crippen LogP contribution in [-0.2, 0) is 9.59 Å². The first-order valence-corrected chi connectivity index (χ1v) is 4.99. The molecule has 0 aliphatic heterocycles. The highest BCUT2D eigenvalue weighted by atomic mass is 35.5. The van der Waals surface area contributed by atoms with E-state index in [1.165, 1.54) is 6.08 Å². The molecule has 0 atom stereocenters. The van der Waals surface area contributed by atoms with E-state index in [2.05, 4.69) is 0 Å². The van der Waals surface area contributed by atoms with Gasteiger partial charge in [0.1, 0.15) is 5.76 Å². The summed E-state index contributed by atoms with van der Waals surface area (Å²) in [5, 5.41) is 18.4. The van der Waals surface area contributed by atoms with Gasteiger partial charge in [0.15, 0.2) is 0 Å². The van der Waals surface area contributed by atoms with Crippen molar-refractivity contribution in [2.75, 3.05) is 0 Å². The highest BCUT2D eigenvalue weighted by Gasteiger charge is 2.04. The molecule has 0 bridgehead atoms. The summed E-state index contributed by atoms with van der Waals surface area (Å²) in [6, 6.07) is 6.49. The molecule has 0 saturated heterocycles. The minimum Gasteiger partial charge on any atom is -0.507 e. The fourth-order valence-electron chi connectivity index (χ4n) is 1.04. The van der Waals surface area contributed by atoms with Gasteiger partial charge in [-0.3, -0.25) is 4.79 Å². The molecule has 17 heavy (non-hydrogen) atoms. The smallest absolute Gasteiger partial charge is 0.376 e. The molecule has 0 fully saturated rings. The number of aliphatic hydroxyl groups is 1. The van der Waals surface area contributed by atoms with Crippen molar-refractivity contribution in [2.24, 2.45) is 0 Å². The lowest BCUT2D eigenvalue weighted by atomic mass is 10.2. The molecule has 0 spiro atoms. The van der Waals surface area contributed by atoms with Crippen molar-refractivity contribution in [3.05, 3.63) is 53.1 Å². The molecular formula is C12H9ClO4. The third kappa shape index (κ3) is 4.12. The van der Waals surface area contributed by atoms with Gasteiger partial charge in [-0.05, 0) is 24.3 Å². The summed E-state index contributed by atoms with van der Waals surface area (Å²) >= 11 is 5.73. The Morgan fingerprint density at radius 3 is 2.53 bits per heavy atom. The van der Waals surface area contributed by atoms with Crippen LogP contribution in [0, 0.1) is 0 Å². The number of carboxylic acids is 1. The number of ketones is 1. The second-order valence-corrected chi connectivity index (χ2v) is 3.53. The molecule has 0 aromatic heterocycles. The van der Waals surface area contributed by atoms with Gasteiger partial charge in [-0.15, -0.1) is 0 Å². The Hall–Kier alpha value is -2.07. The molecule has 0 radical (unpaired) electrons. The van der Waals surface area contributed by atoms with Gasteiger partial charge in [0.25, 0.3) is 5.78 Å². The maximum Gasteiger partial charge on any atom is 0.376 e. The van der Waals surface area contributed by atoms with Gasteiger partial charge in [0.2, 0.25) is 0 Å². The minimum atomic E-state index is -1.54. The number of hydrogen-bond acceptors (Lipinski definition) is 3. The van der Waals surface area contributed by atoms with Crippen LogP contribution >= 0.6 is 11.6 Å². The number of rotatable bonds is 4. The Bertz CT molecular complexity index is 503. The van der Waals surface area contributed by atoms with Crippen LogP contribution in [0.1, 0.15) is 5.56 Å². The summed E-state index contributed by atoms with van der Waals surface area (Å²) < 4.78 is 0. The Kier molecular flexibility index (Phi) is 4.48. The molecule has 4 nitrogen and oxygen atoms in total. The highest BCUT2D eigenvalue weighted by Crippen LogP contribution is 2.16. The molecule has 1 aromatic carbocycles. The van der Waals surface area contributed by atoms with Crippen molar-refractivity contribution >= 4 is 29.1 Å². The summed E-state index contributed by atoms with van der Waals surface area (Å²) in [5.74, 6) is -2.71. The van der Waals surface area contributed by atoms with Crippen molar-refractivity contribution < 1.29 is 19.8 Å². The maximum absolute atomic E-state index is 10.7. The predicted octanol–water partition coefficient (Wildman–Crippen LogP) is 2.45. The molecule has 0 unspecified atom stereocenters. The molecule has 0 aliphatic rings. The first-order chi connectivity index (χ1) is 8.00. The number of halogens is 1. The quantitative estimate of drug-likeness (QED) is 0.374. The van der Waals surface area contributed by atoms with Crippen LogP contribution in [0.5, 0.6) is 0 Å². The number of carbonyl (C=O) groups excluding carboxylic acids is 1. The number of benzene rings is 1. The zero-order valence-corrected chi connectivity index (χ0v) is 9.39. The van der Waals surface area contributed by atoms with Crippen molar-refractivity contribution in [2.45, 2.75) is 0 Å². The van der Waals surface area contributed by atoms with Crippen LogP contribution in [0.2, 0.25) is 5.02 Å². The lowest BCUT2D eigenvalue weighted by molar-refractivity contribution is -0.146. The lowest BCUT2D eigenvalue weighted by Crippen LogP contribution is -2.08. The van der Waals surface area contributed by atoms with E-state index in [9.17, 15) is 14.7 Å². The first-order valence-electron chi connectivity index (χ1n) is 4.61. The van der Waals surface area contributed by atoms with Gasteiger partial charge < -0.3 is 10.2 Å². The third-order valence-electron chi connectivity index (χ3n) is 1.83. The second-order valence-electron chi connectivity index (χ2n) is 3.09. The largest absolute Gasteiger partial charge is 0.507 e. The minimum absolute atomic E-state index is 0.109. The van der Waals surface area contributed by atoms with Gasteiger partial charge >= 0.3 is 5.97 Å². The molecule has 0 aliphatic carbocycles. The molecule has 5 heteroatoms. The summed E-state index contributed by atoms with van der Waals surface area (Å²) in [6.45, 7) is 0. The molecule has 88 valence electrons. The maximum atomic E-state index is 10.7. The van der Waals surface area contributed by atoms with Crippen LogP contribution in [0.3, 0.4) is 0 Å². The van der Waals surface area contributed by atoms with Gasteiger partial charge in [-0.1, -0.05) is 29.8 Å². The topological polar surface area (TPSA) is 74.6 Å². The van der Waals surface area contributed by atoms with E-state index in [0.717, 1.165) is 12.2 Å². The molecule has 2 N–H and O–H groups in total. The second kappa shape index (κ2) is 5.86. The number of aliphatic carboxylic acids is 1.